The second kappa shape index (κ2) is 7.82. The lowest BCUT2D eigenvalue weighted by Crippen LogP contribution is -2.28. The molecule has 1 atom stereocenters. The molecule has 0 spiro atoms. The van der Waals surface area contributed by atoms with Crippen molar-refractivity contribution in [3.8, 4) is 5.75 Å². The van der Waals surface area contributed by atoms with Crippen molar-refractivity contribution in [1.29, 1.82) is 0 Å². The van der Waals surface area contributed by atoms with Gasteiger partial charge >= 0.3 is 0 Å². The first-order valence-electron chi connectivity index (χ1n) is 9.39. The SMILES string of the molecule is COc1ccc([N+](=O)[O-])c(NC(=O)[C@@H]2CC(=O)N(c3cccc4ccccc34)C2)c1. The second-order valence-corrected chi connectivity index (χ2v) is 7.03. The third-order valence-electron chi connectivity index (χ3n) is 5.21. The normalized spacial score (nSPS) is 16.0. The van der Waals surface area contributed by atoms with Crippen LogP contribution in [0.4, 0.5) is 17.1 Å². The van der Waals surface area contributed by atoms with Crippen molar-refractivity contribution in [2.75, 3.05) is 23.9 Å². The van der Waals surface area contributed by atoms with E-state index in [1.54, 1.807) is 4.90 Å². The number of amides is 2. The van der Waals surface area contributed by atoms with Crippen LogP contribution in [0.1, 0.15) is 6.42 Å². The number of nitrogens with zero attached hydrogens (tertiary/aromatic N) is 2. The molecule has 1 aliphatic rings. The number of carbonyl (C=O) groups is 2. The van der Waals surface area contributed by atoms with E-state index in [4.69, 9.17) is 4.74 Å². The number of nitrogens with one attached hydrogen (secondary N) is 1. The van der Waals surface area contributed by atoms with Crippen LogP contribution in [0.3, 0.4) is 0 Å². The van der Waals surface area contributed by atoms with Gasteiger partial charge in [-0.25, -0.2) is 0 Å². The maximum atomic E-state index is 12.8. The summed E-state index contributed by atoms with van der Waals surface area (Å²) in [7, 11) is 1.43. The molecule has 1 saturated heterocycles. The van der Waals surface area contributed by atoms with E-state index in [-0.39, 0.29) is 30.2 Å². The minimum atomic E-state index is -0.623. The van der Waals surface area contributed by atoms with Gasteiger partial charge in [-0.1, -0.05) is 36.4 Å². The van der Waals surface area contributed by atoms with Crippen LogP contribution in [-0.4, -0.2) is 30.4 Å². The van der Waals surface area contributed by atoms with Gasteiger partial charge in [-0.2, -0.15) is 0 Å². The topological polar surface area (TPSA) is 102 Å². The average molecular weight is 405 g/mol. The predicted octanol–water partition coefficient (Wildman–Crippen LogP) is 3.75. The molecule has 8 nitrogen and oxygen atoms in total. The van der Waals surface area contributed by atoms with Crippen LogP contribution in [0.2, 0.25) is 0 Å². The van der Waals surface area contributed by atoms with Crippen LogP contribution in [0.15, 0.2) is 60.7 Å². The van der Waals surface area contributed by atoms with Crippen LogP contribution in [0.5, 0.6) is 5.75 Å². The Hall–Kier alpha value is -3.94. The van der Waals surface area contributed by atoms with Gasteiger partial charge in [-0.15, -0.1) is 0 Å². The summed E-state index contributed by atoms with van der Waals surface area (Å²) in [6, 6.07) is 17.5. The summed E-state index contributed by atoms with van der Waals surface area (Å²) in [5.41, 5.74) is 0.556. The van der Waals surface area contributed by atoms with Crippen molar-refractivity contribution < 1.29 is 19.2 Å². The third kappa shape index (κ3) is 3.55. The Morgan fingerprint density at radius 1 is 1.17 bits per heavy atom. The number of fused-ring (bicyclic) bond motifs is 1. The fraction of sp³-hybridized carbons (Fsp3) is 0.182. The summed E-state index contributed by atoms with van der Waals surface area (Å²) < 4.78 is 5.09. The Balaban J connectivity index is 1.58. The molecule has 2 amide bonds. The number of methoxy groups -OCH3 is 1. The van der Waals surface area contributed by atoms with E-state index in [1.807, 2.05) is 42.5 Å². The molecule has 152 valence electrons. The zero-order valence-corrected chi connectivity index (χ0v) is 16.2. The third-order valence-corrected chi connectivity index (χ3v) is 5.21. The van der Waals surface area contributed by atoms with Crippen molar-refractivity contribution in [1.82, 2.24) is 0 Å². The molecule has 0 saturated carbocycles. The summed E-state index contributed by atoms with van der Waals surface area (Å²) in [6.07, 6.45) is 0.0345. The molecule has 3 aromatic carbocycles. The lowest BCUT2D eigenvalue weighted by molar-refractivity contribution is -0.383. The highest BCUT2D eigenvalue weighted by Gasteiger charge is 2.36. The molecule has 0 aliphatic carbocycles. The number of ether oxygens (including phenoxy) is 1. The first kappa shape index (κ1) is 19.4. The molecule has 0 aromatic heterocycles. The van der Waals surface area contributed by atoms with Crippen molar-refractivity contribution in [2.45, 2.75) is 6.42 Å². The van der Waals surface area contributed by atoms with Crippen LogP contribution < -0.4 is 15.0 Å². The van der Waals surface area contributed by atoms with E-state index in [2.05, 4.69) is 5.32 Å². The van der Waals surface area contributed by atoms with E-state index >= 15 is 0 Å². The van der Waals surface area contributed by atoms with E-state index in [9.17, 15) is 19.7 Å². The maximum Gasteiger partial charge on any atom is 0.293 e. The summed E-state index contributed by atoms with van der Waals surface area (Å²) in [5.74, 6) is -0.841. The summed E-state index contributed by atoms with van der Waals surface area (Å²) in [4.78, 5) is 37.8. The van der Waals surface area contributed by atoms with Gasteiger partial charge in [0, 0.05) is 30.5 Å². The fourth-order valence-electron chi connectivity index (χ4n) is 3.70. The molecule has 8 heteroatoms. The molecule has 0 unspecified atom stereocenters. The number of rotatable bonds is 5. The minimum absolute atomic E-state index is 0.0345. The molecule has 0 bridgehead atoms. The standard InChI is InChI=1S/C22H19N3O5/c1-30-16-9-10-20(25(28)29)18(12-16)23-22(27)15-11-21(26)24(13-15)19-8-4-6-14-5-2-3-7-17(14)19/h2-10,12,15H,11,13H2,1H3,(H,23,27)/t15-/m1/s1. The van der Waals surface area contributed by atoms with Crippen molar-refractivity contribution in [3.05, 3.63) is 70.8 Å². The smallest absolute Gasteiger partial charge is 0.293 e. The van der Waals surface area contributed by atoms with Crippen LogP contribution in [0, 0.1) is 16.0 Å². The zero-order valence-electron chi connectivity index (χ0n) is 16.2. The number of carbonyl (C=O) groups excluding carboxylic acids is 2. The molecule has 3 aromatic rings. The molecule has 0 radical (unpaired) electrons. The molecule has 4 rings (SSSR count). The van der Waals surface area contributed by atoms with Gasteiger partial charge < -0.3 is 15.0 Å². The Morgan fingerprint density at radius 2 is 1.93 bits per heavy atom. The first-order valence-corrected chi connectivity index (χ1v) is 9.39. The van der Waals surface area contributed by atoms with Gasteiger partial charge in [0.1, 0.15) is 11.4 Å². The Morgan fingerprint density at radius 3 is 2.70 bits per heavy atom. The lowest BCUT2D eigenvalue weighted by atomic mass is 10.1. The molecule has 30 heavy (non-hydrogen) atoms. The molecular weight excluding hydrogens is 386 g/mol. The highest BCUT2D eigenvalue weighted by molar-refractivity contribution is 6.08. The van der Waals surface area contributed by atoms with E-state index < -0.39 is 16.7 Å². The van der Waals surface area contributed by atoms with Crippen LogP contribution >= 0.6 is 0 Å². The number of nitro benzene ring substituents is 1. The molecule has 1 heterocycles. The summed E-state index contributed by atoms with van der Waals surface area (Å²) in [6.45, 7) is 0.205. The van der Waals surface area contributed by atoms with Gasteiger partial charge in [0.05, 0.1) is 23.6 Å². The fourth-order valence-corrected chi connectivity index (χ4v) is 3.70. The van der Waals surface area contributed by atoms with Crippen molar-refractivity contribution >= 4 is 39.6 Å². The Kier molecular flexibility index (Phi) is 5.05. The first-order chi connectivity index (χ1) is 14.5. The summed E-state index contributed by atoms with van der Waals surface area (Å²) in [5, 5.41) is 15.8. The minimum Gasteiger partial charge on any atom is -0.497 e. The van der Waals surface area contributed by atoms with E-state index in [0.29, 0.717) is 5.75 Å². The highest BCUT2D eigenvalue weighted by atomic mass is 16.6. The summed E-state index contributed by atoms with van der Waals surface area (Å²) >= 11 is 0. The van der Waals surface area contributed by atoms with Gasteiger partial charge in [0.25, 0.3) is 5.69 Å². The van der Waals surface area contributed by atoms with Gasteiger partial charge in [-0.05, 0) is 17.5 Å². The number of hydrogen-bond donors (Lipinski definition) is 1. The van der Waals surface area contributed by atoms with Crippen LogP contribution in [0.25, 0.3) is 10.8 Å². The molecular formula is C22H19N3O5. The van der Waals surface area contributed by atoms with Gasteiger partial charge in [-0.3, -0.25) is 19.7 Å². The van der Waals surface area contributed by atoms with Gasteiger partial charge in [0.2, 0.25) is 11.8 Å². The number of anilines is 2. The lowest BCUT2D eigenvalue weighted by Gasteiger charge is -2.19. The molecule has 1 fully saturated rings. The molecule has 1 aliphatic heterocycles. The second-order valence-electron chi connectivity index (χ2n) is 7.03. The monoisotopic (exact) mass is 405 g/mol. The number of hydrogen-bond acceptors (Lipinski definition) is 5. The van der Waals surface area contributed by atoms with Crippen LogP contribution in [-0.2, 0) is 9.59 Å². The Bertz CT molecular complexity index is 1160. The maximum absolute atomic E-state index is 12.8. The van der Waals surface area contributed by atoms with E-state index in [1.165, 1.54) is 25.3 Å². The number of benzene rings is 3. The quantitative estimate of drug-likeness (QED) is 0.515. The highest BCUT2D eigenvalue weighted by Crippen LogP contribution is 2.33. The predicted molar refractivity (Wildman–Crippen MR) is 113 cm³/mol. The molecule has 1 N–H and O–H groups in total. The van der Waals surface area contributed by atoms with Crippen molar-refractivity contribution in [2.24, 2.45) is 5.92 Å². The zero-order chi connectivity index (χ0) is 21.3. The number of nitro groups is 1. The Labute approximate surface area is 172 Å². The van der Waals surface area contributed by atoms with E-state index in [0.717, 1.165) is 16.5 Å². The largest absolute Gasteiger partial charge is 0.497 e. The van der Waals surface area contributed by atoms with Crippen molar-refractivity contribution in [3.63, 3.8) is 0 Å². The van der Waals surface area contributed by atoms with Gasteiger partial charge in [0.15, 0.2) is 0 Å². The average Bonchev–Trinajstić information content (AvgIpc) is 3.14.